The third-order valence-electron chi connectivity index (χ3n) is 2.94. The van der Waals surface area contributed by atoms with Gasteiger partial charge in [0.1, 0.15) is 0 Å². The van der Waals surface area contributed by atoms with Crippen LogP contribution in [0.25, 0.3) is 0 Å². The molecule has 1 fully saturated rings. The molecule has 3 heteroatoms. The average Bonchev–Trinajstić information content (AvgIpc) is 2.14. The second-order valence-corrected chi connectivity index (χ2v) is 10.3. The summed E-state index contributed by atoms with van der Waals surface area (Å²) < 4.78 is 5.32. The first-order valence-electron chi connectivity index (χ1n) is 5.47. The lowest BCUT2D eigenvalue weighted by molar-refractivity contribution is 0.0434. The first kappa shape index (κ1) is 11.9. The van der Waals surface area contributed by atoms with E-state index in [-0.39, 0.29) is 0 Å². The van der Waals surface area contributed by atoms with E-state index in [0.717, 1.165) is 32.8 Å². The van der Waals surface area contributed by atoms with Crippen LogP contribution in [0.4, 0.5) is 0 Å². The molecule has 0 unspecified atom stereocenters. The zero-order valence-corrected chi connectivity index (χ0v) is 11.0. The minimum atomic E-state index is -1.04. The maximum Gasteiger partial charge on any atom is 0.0717 e. The molecule has 0 radical (unpaired) electrons. The van der Waals surface area contributed by atoms with Crippen molar-refractivity contribution in [2.45, 2.75) is 26.6 Å². The lowest BCUT2D eigenvalue weighted by atomic mass is 10.4. The van der Waals surface area contributed by atoms with Gasteiger partial charge in [-0.3, -0.25) is 4.90 Å². The van der Waals surface area contributed by atoms with Gasteiger partial charge in [-0.15, -0.1) is 0 Å². The van der Waals surface area contributed by atoms with Crippen molar-refractivity contribution in [2.24, 2.45) is 0 Å². The Morgan fingerprint density at radius 1 is 1.29 bits per heavy atom. The van der Waals surface area contributed by atoms with Crippen molar-refractivity contribution in [3.05, 3.63) is 11.3 Å². The van der Waals surface area contributed by atoms with Crippen molar-refractivity contribution in [2.75, 3.05) is 32.8 Å². The summed E-state index contributed by atoms with van der Waals surface area (Å²) in [6.45, 7) is 14.6. The molecule has 0 spiro atoms. The van der Waals surface area contributed by atoms with Crippen LogP contribution >= 0.6 is 0 Å². The van der Waals surface area contributed by atoms with Gasteiger partial charge in [-0.05, 0) is 6.92 Å². The van der Waals surface area contributed by atoms with Crippen LogP contribution in [0.3, 0.4) is 0 Å². The van der Waals surface area contributed by atoms with E-state index in [1.807, 2.05) is 0 Å². The molecule has 0 atom stereocenters. The van der Waals surface area contributed by atoms with Crippen LogP contribution in [-0.4, -0.2) is 45.8 Å². The van der Waals surface area contributed by atoms with Crippen molar-refractivity contribution in [1.29, 1.82) is 0 Å². The van der Waals surface area contributed by atoms with Gasteiger partial charge in [-0.2, -0.15) is 0 Å². The maximum atomic E-state index is 5.32. The minimum Gasteiger partial charge on any atom is -0.379 e. The Labute approximate surface area is 88.9 Å². The third kappa shape index (κ3) is 3.94. The molecule has 1 aliphatic rings. The van der Waals surface area contributed by atoms with Gasteiger partial charge in [0.05, 0.1) is 21.3 Å². The largest absolute Gasteiger partial charge is 0.379 e. The summed E-state index contributed by atoms with van der Waals surface area (Å²) in [7, 11) is -1.04. The molecule has 0 aromatic carbocycles. The number of nitrogens with zero attached hydrogens (tertiary/aromatic N) is 1. The molecule has 14 heavy (non-hydrogen) atoms. The smallest absolute Gasteiger partial charge is 0.0717 e. The Hall–Kier alpha value is -0.123. The molecule has 0 aromatic heterocycles. The van der Waals surface area contributed by atoms with Crippen molar-refractivity contribution in [3.8, 4) is 0 Å². The van der Waals surface area contributed by atoms with Gasteiger partial charge in [-0.25, -0.2) is 0 Å². The second kappa shape index (κ2) is 5.10. The van der Waals surface area contributed by atoms with E-state index in [0.29, 0.717) is 0 Å². The van der Waals surface area contributed by atoms with E-state index in [4.69, 9.17) is 4.74 Å². The summed E-state index contributed by atoms with van der Waals surface area (Å²) in [6.07, 6.45) is 2.41. The Morgan fingerprint density at radius 2 is 1.86 bits per heavy atom. The van der Waals surface area contributed by atoms with E-state index < -0.39 is 8.07 Å². The molecule has 0 saturated carbocycles. The van der Waals surface area contributed by atoms with Crippen molar-refractivity contribution in [3.63, 3.8) is 0 Å². The van der Waals surface area contributed by atoms with Gasteiger partial charge >= 0.3 is 0 Å². The van der Waals surface area contributed by atoms with Crippen molar-refractivity contribution >= 4 is 8.07 Å². The fourth-order valence-corrected chi connectivity index (χ4v) is 2.06. The molecule has 1 heterocycles. The molecule has 2 nitrogen and oxygen atoms in total. The van der Waals surface area contributed by atoms with E-state index in [1.54, 1.807) is 5.20 Å². The van der Waals surface area contributed by atoms with Crippen LogP contribution in [0.15, 0.2) is 11.3 Å². The number of hydrogen-bond acceptors (Lipinski definition) is 2. The molecule has 0 aliphatic carbocycles. The highest BCUT2D eigenvalue weighted by atomic mass is 28.3. The number of hydrogen-bond donors (Lipinski definition) is 0. The zero-order valence-electron chi connectivity index (χ0n) is 9.97. The van der Waals surface area contributed by atoms with Gasteiger partial charge in [0, 0.05) is 19.6 Å². The predicted octanol–water partition coefficient (Wildman–Crippen LogP) is 2.14. The standard InChI is InChI=1S/C11H23NOSi/c1-11(14(2,3)4)5-6-12-7-9-13-10-8-12/h5H,6-10H2,1-4H3/b11-5+. The topological polar surface area (TPSA) is 12.5 Å². The van der Waals surface area contributed by atoms with Crippen molar-refractivity contribution in [1.82, 2.24) is 4.90 Å². The predicted molar refractivity (Wildman–Crippen MR) is 64.4 cm³/mol. The molecule has 1 aliphatic heterocycles. The van der Waals surface area contributed by atoms with Gasteiger partial charge in [0.2, 0.25) is 0 Å². The average molecular weight is 213 g/mol. The van der Waals surface area contributed by atoms with Gasteiger partial charge in [0.15, 0.2) is 0 Å². The highest BCUT2D eigenvalue weighted by Gasteiger charge is 2.15. The van der Waals surface area contributed by atoms with Crippen LogP contribution in [0, 0.1) is 0 Å². The van der Waals surface area contributed by atoms with E-state index >= 15 is 0 Å². The van der Waals surface area contributed by atoms with E-state index in [1.165, 1.54) is 0 Å². The molecule has 0 bridgehead atoms. The first-order chi connectivity index (χ1) is 6.50. The number of ether oxygens (including phenoxy) is 1. The van der Waals surface area contributed by atoms with Crippen LogP contribution in [0.1, 0.15) is 6.92 Å². The normalized spacial score (nSPS) is 21.3. The Morgan fingerprint density at radius 3 is 2.36 bits per heavy atom. The number of allylic oxidation sites excluding steroid dienone is 1. The molecule has 0 aromatic rings. The first-order valence-corrected chi connectivity index (χ1v) is 8.97. The fraction of sp³-hybridized carbons (Fsp3) is 0.818. The summed E-state index contributed by atoms with van der Waals surface area (Å²) in [5.41, 5.74) is 0. The maximum absolute atomic E-state index is 5.32. The molecule has 1 saturated heterocycles. The van der Waals surface area contributed by atoms with Crippen LogP contribution in [0.5, 0.6) is 0 Å². The summed E-state index contributed by atoms with van der Waals surface area (Å²) in [5, 5.41) is 1.61. The zero-order chi connectivity index (χ0) is 10.6. The van der Waals surface area contributed by atoms with Gasteiger partial charge in [-0.1, -0.05) is 30.9 Å². The minimum absolute atomic E-state index is 0.903. The summed E-state index contributed by atoms with van der Waals surface area (Å²) in [6, 6.07) is 0. The van der Waals surface area contributed by atoms with E-state index in [2.05, 4.69) is 37.5 Å². The summed E-state index contributed by atoms with van der Waals surface area (Å²) in [5.74, 6) is 0. The third-order valence-corrected chi connectivity index (χ3v) is 5.51. The van der Waals surface area contributed by atoms with E-state index in [9.17, 15) is 0 Å². The molecule has 0 amide bonds. The number of morpholine rings is 1. The Balaban J connectivity index is 2.37. The highest BCUT2D eigenvalue weighted by Crippen LogP contribution is 2.13. The van der Waals surface area contributed by atoms with Gasteiger partial charge < -0.3 is 4.74 Å². The van der Waals surface area contributed by atoms with Crippen LogP contribution < -0.4 is 0 Å². The Bertz CT molecular complexity index is 202. The van der Waals surface area contributed by atoms with Crippen molar-refractivity contribution < 1.29 is 4.74 Å². The second-order valence-electron chi connectivity index (χ2n) is 5.05. The number of rotatable bonds is 3. The quantitative estimate of drug-likeness (QED) is 0.666. The molecule has 0 N–H and O–H groups in total. The Kier molecular flexibility index (Phi) is 4.35. The van der Waals surface area contributed by atoms with Gasteiger partial charge in [0.25, 0.3) is 0 Å². The summed E-state index contributed by atoms with van der Waals surface area (Å²) >= 11 is 0. The lowest BCUT2D eigenvalue weighted by Gasteiger charge is -2.26. The molecule has 82 valence electrons. The monoisotopic (exact) mass is 213 g/mol. The molecular weight excluding hydrogens is 190 g/mol. The SMILES string of the molecule is C/C(=C\CN1CCOCC1)[Si](C)(C)C. The molecular formula is C11H23NOSi. The highest BCUT2D eigenvalue weighted by molar-refractivity contribution is 6.82. The van der Waals surface area contributed by atoms with Crippen LogP contribution in [-0.2, 0) is 4.74 Å². The fourth-order valence-electron chi connectivity index (χ4n) is 1.36. The van der Waals surface area contributed by atoms with Crippen LogP contribution in [0.2, 0.25) is 19.6 Å². The summed E-state index contributed by atoms with van der Waals surface area (Å²) in [4.78, 5) is 2.47. The lowest BCUT2D eigenvalue weighted by Crippen LogP contribution is -2.36. The molecule has 1 rings (SSSR count).